The maximum absolute atomic E-state index is 2.58. The molecule has 0 spiro atoms. The molecule has 1 aliphatic heterocycles. The molecule has 0 bridgehead atoms. The highest BCUT2D eigenvalue weighted by molar-refractivity contribution is 5.70. The molecule has 3 aromatic rings. The fourth-order valence-electron chi connectivity index (χ4n) is 4.70. The minimum absolute atomic E-state index is 0.547. The molecule has 0 saturated heterocycles. The first-order chi connectivity index (χ1) is 13.3. The maximum Gasteiger partial charge on any atom is 0.213 e. The lowest BCUT2D eigenvalue weighted by atomic mass is 9.87. The molecule has 2 atom stereocenters. The average molecular weight is 357 g/mol. The molecule has 2 heterocycles. The fraction of sp³-hybridized carbons (Fsp3) is 0.346. The standard InChI is InChI=1S/C26H30N/c1-4-19-16-22(6-3)27-18-25(21-12-8-7-9-13-21)20(5-2)17-26(27)24-15-11-10-14-23(19)24/h7-15,17-19,22H,4-6,16H2,1-3H3/q+1/t19-,22-/m1/s1. The Balaban J connectivity index is 1.99. The minimum Gasteiger partial charge on any atom is -0.195 e. The van der Waals surface area contributed by atoms with Gasteiger partial charge in [-0.1, -0.05) is 69.3 Å². The van der Waals surface area contributed by atoms with E-state index in [4.69, 9.17) is 0 Å². The largest absolute Gasteiger partial charge is 0.213 e. The number of nitrogens with zero attached hydrogens (tertiary/aromatic N) is 1. The highest BCUT2D eigenvalue weighted by Crippen LogP contribution is 2.39. The molecule has 0 amide bonds. The molecule has 1 heteroatoms. The Morgan fingerprint density at radius 2 is 1.59 bits per heavy atom. The van der Waals surface area contributed by atoms with E-state index in [1.54, 1.807) is 0 Å². The van der Waals surface area contributed by atoms with Crippen molar-refractivity contribution in [1.82, 2.24) is 0 Å². The summed E-state index contributed by atoms with van der Waals surface area (Å²) in [6.07, 6.45) is 7.08. The highest BCUT2D eigenvalue weighted by atomic mass is 15.0. The van der Waals surface area contributed by atoms with Crippen LogP contribution in [0.15, 0.2) is 66.9 Å². The Labute approximate surface area is 163 Å². The van der Waals surface area contributed by atoms with Gasteiger partial charge in [0, 0.05) is 30.0 Å². The predicted molar refractivity (Wildman–Crippen MR) is 114 cm³/mol. The van der Waals surface area contributed by atoms with Gasteiger partial charge in [0.2, 0.25) is 5.69 Å². The van der Waals surface area contributed by atoms with Crippen LogP contribution in [0.3, 0.4) is 0 Å². The number of hydrogen-bond acceptors (Lipinski definition) is 0. The second-order valence-corrected chi connectivity index (χ2v) is 7.71. The van der Waals surface area contributed by atoms with Crippen LogP contribution in [-0.2, 0) is 6.42 Å². The predicted octanol–water partition coefficient (Wildman–Crippen LogP) is 6.72. The van der Waals surface area contributed by atoms with Crippen LogP contribution in [0.5, 0.6) is 0 Å². The fourth-order valence-corrected chi connectivity index (χ4v) is 4.70. The van der Waals surface area contributed by atoms with Crippen molar-refractivity contribution >= 4 is 0 Å². The Morgan fingerprint density at radius 3 is 2.30 bits per heavy atom. The van der Waals surface area contributed by atoms with E-state index in [0.717, 1.165) is 6.42 Å². The summed E-state index contributed by atoms with van der Waals surface area (Å²) < 4.78 is 2.58. The number of benzene rings is 2. The first kappa shape index (κ1) is 18.0. The topological polar surface area (TPSA) is 3.88 Å². The van der Waals surface area contributed by atoms with Crippen molar-refractivity contribution < 1.29 is 4.57 Å². The van der Waals surface area contributed by atoms with E-state index >= 15 is 0 Å². The Hall–Kier alpha value is -2.41. The molecule has 0 fully saturated rings. The summed E-state index contributed by atoms with van der Waals surface area (Å²) in [5.74, 6) is 0.635. The highest BCUT2D eigenvalue weighted by Gasteiger charge is 2.33. The zero-order valence-corrected chi connectivity index (χ0v) is 16.8. The van der Waals surface area contributed by atoms with Crippen LogP contribution < -0.4 is 4.57 Å². The van der Waals surface area contributed by atoms with Gasteiger partial charge in [-0.3, -0.25) is 0 Å². The van der Waals surface area contributed by atoms with Crippen molar-refractivity contribution in [1.29, 1.82) is 0 Å². The molecule has 0 saturated carbocycles. The number of hydrogen-bond donors (Lipinski definition) is 0. The smallest absolute Gasteiger partial charge is 0.195 e. The monoisotopic (exact) mass is 356 g/mol. The molecule has 4 rings (SSSR count). The second kappa shape index (κ2) is 7.68. The molecular weight excluding hydrogens is 326 g/mol. The van der Waals surface area contributed by atoms with E-state index in [2.05, 4.69) is 92.2 Å². The van der Waals surface area contributed by atoms with Crippen LogP contribution in [0.4, 0.5) is 0 Å². The number of fused-ring (bicyclic) bond motifs is 3. The van der Waals surface area contributed by atoms with E-state index in [1.165, 1.54) is 52.8 Å². The van der Waals surface area contributed by atoms with Gasteiger partial charge in [0.15, 0.2) is 12.2 Å². The third-order valence-corrected chi connectivity index (χ3v) is 6.26. The van der Waals surface area contributed by atoms with Crippen molar-refractivity contribution in [2.24, 2.45) is 0 Å². The summed E-state index contributed by atoms with van der Waals surface area (Å²) in [6.45, 7) is 6.94. The zero-order valence-electron chi connectivity index (χ0n) is 16.8. The molecule has 1 aliphatic rings. The normalized spacial score (nSPS) is 18.5. The van der Waals surface area contributed by atoms with Crippen molar-refractivity contribution in [2.75, 3.05) is 0 Å². The Kier molecular flexibility index (Phi) is 5.11. The van der Waals surface area contributed by atoms with Crippen LogP contribution in [0.25, 0.3) is 22.4 Å². The molecule has 0 radical (unpaired) electrons. The van der Waals surface area contributed by atoms with Crippen LogP contribution >= 0.6 is 0 Å². The average Bonchev–Trinajstić information content (AvgIpc) is 2.87. The van der Waals surface area contributed by atoms with Crippen molar-refractivity contribution in [3.05, 3.63) is 78.0 Å². The molecule has 0 N–H and O–H groups in total. The zero-order chi connectivity index (χ0) is 18.8. The van der Waals surface area contributed by atoms with Gasteiger partial charge in [0.05, 0.1) is 0 Å². The van der Waals surface area contributed by atoms with E-state index in [0.29, 0.717) is 12.0 Å². The van der Waals surface area contributed by atoms with Crippen molar-refractivity contribution in [3.8, 4) is 22.4 Å². The molecule has 0 unspecified atom stereocenters. The Bertz CT molecular complexity index is 926. The Morgan fingerprint density at radius 1 is 0.852 bits per heavy atom. The summed E-state index contributed by atoms with van der Waals surface area (Å²) in [6, 6.07) is 22.9. The summed E-state index contributed by atoms with van der Waals surface area (Å²) in [5, 5.41) is 0. The molecule has 1 aromatic heterocycles. The van der Waals surface area contributed by atoms with Gasteiger partial charge in [0.1, 0.15) is 0 Å². The van der Waals surface area contributed by atoms with Gasteiger partial charge in [-0.05, 0) is 41.5 Å². The summed E-state index contributed by atoms with van der Waals surface area (Å²) >= 11 is 0. The lowest BCUT2D eigenvalue weighted by Crippen LogP contribution is -2.41. The third kappa shape index (κ3) is 3.20. The number of aromatic nitrogens is 1. The van der Waals surface area contributed by atoms with E-state index < -0.39 is 0 Å². The van der Waals surface area contributed by atoms with Crippen LogP contribution in [-0.4, -0.2) is 0 Å². The number of aryl methyl sites for hydroxylation is 1. The van der Waals surface area contributed by atoms with E-state index in [-0.39, 0.29) is 0 Å². The van der Waals surface area contributed by atoms with Crippen LogP contribution in [0.2, 0.25) is 0 Å². The van der Waals surface area contributed by atoms with Crippen molar-refractivity contribution in [3.63, 3.8) is 0 Å². The SMILES string of the molecule is CCc1cc2[n+](cc1-c1ccccc1)[C@H](CC)C[C@@H](CC)c1ccccc1-2. The van der Waals surface area contributed by atoms with Gasteiger partial charge in [-0.25, -0.2) is 0 Å². The van der Waals surface area contributed by atoms with Crippen LogP contribution in [0.1, 0.15) is 63.1 Å². The summed E-state index contributed by atoms with van der Waals surface area (Å²) in [4.78, 5) is 0. The third-order valence-electron chi connectivity index (χ3n) is 6.26. The number of pyridine rings is 1. The quantitative estimate of drug-likeness (QED) is 0.457. The van der Waals surface area contributed by atoms with Gasteiger partial charge < -0.3 is 0 Å². The lowest BCUT2D eigenvalue weighted by Gasteiger charge is -2.17. The summed E-state index contributed by atoms with van der Waals surface area (Å²) in [5.41, 5.74) is 8.49. The first-order valence-electron chi connectivity index (χ1n) is 10.5. The minimum atomic E-state index is 0.547. The molecule has 1 nitrogen and oxygen atoms in total. The van der Waals surface area contributed by atoms with Gasteiger partial charge in [-0.15, -0.1) is 0 Å². The lowest BCUT2D eigenvalue weighted by molar-refractivity contribution is -0.713. The molecular formula is C26H30N+. The molecule has 138 valence electrons. The second-order valence-electron chi connectivity index (χ2n) is 7.71. The molecule has 0 aliphatic carbocycles. The van der Waals surface area contributed by atoms with E-state index in [9.17, 15) is 0 Å². The number of rotatable bonds is 4. The van der Waals surface area contributed by atoms with E-state index in [1.807, 2.05) is 0 Å². The van der Waals surface area contributed by atoms with Crippen molar-refractivity contribution in [2.45, 2.75) is 58.4 Å². The van der Waals surface area contributed by atoms with Gasteiger partial charge in [0.25, 0.3) is 0 Å². The van der Waals surface area contributed by atoms with Gasteiger partial charge >= 0.3 is 0 Å². The summed E-state index contributed by atoms with van der Waals surface area (Å²) in [7, 11) is 0. The van der Waals surface area contributed by atoms with Crippen LogP contribution in [0, 0.1) is 0 Å². The molecule has 27 heavy (non-hydrogen) atoms. The van der Waals surface area contributed by atoms with Gasteiger partial charge in [-0.2, -0.15) is 4.57 Å². The maximum atomic E-state index is 2.58. The molecule has 2 aromatic carbocycles. The first-order valence-corrected chi connectivity index (χ1v) is 10.5.